The predicted molar refractivity (Wildman–Crippen MR) is 119 cm³/mol. The zero-order chi connectivity index (χ0) is 21.4. The summed E-state index contributed by atoms with van der Waals surface area (Å²) in [5.74, 6) is 0.341. The molecule has 1 saturated heterocycles. The van der Waals surface area contributed by atoms with E-state index in [-0.39, 0.29) is 18.6 Å². The fourth-order valence-electron chi connectivity index (χ4n) is 3.96. The van der Waals surface area contributed by atoms with E-state index in [2.05, 4.69) is 16.0 Å². The summed E-state index contributed by atoms with van der Waals surface area (Å²) in [6.45, 7) is 1.62. The molecule has 158 valence electrons. The van der Waals surface area contributed by atoms with Gasteiger partial charge < -0.3 is 25.9 Å². The standard InChI is InChI=1S/C23H23N5O3/c24-20-8-14(1-2-21(20)31-17-3-5-30-6-4-17)19-10-27-23-18(19)7-15(9-26-23)16-11-28(12-16)13-22(25)29/h1-2,7-12,17H,3-6,13,24H2,(H2-,25,26,27,29)/p+1. The number of hydrogen-bond donors (Lipinski definition) is 3. The van der Waals surface area contributed by atoms with Crippen LogP contribution in [-0.4, -0.2) is 52.5 Å². The van der Waals surface area contributed by atoms with Gasteiger partial charge in [-0.25, -0.2) is 4.98 Å². The summed E-state index contributed by atoms with van der Waals surface area (Å²) >= 11 is 0. The predicted octanol–water partition coefficient (Wildman–Crippen LogP) is 2.29. The highest BCUT2D eigenvalue weighted by molar-refractivity contribution is 6.11. The number of fused-ring (bicyclic) bond motifs is 1. The SMILES string of the molecule is NC(=O)C[N+]1=CC(c2cnc3[nH]cc(-c4ccc(OC5CCOCC5)c(N)c4)c3c2)=C1. The Balaban J connectivity index is 1.40. The Hall–Kier alpha value is -3.65. The number of ether oxygens (including phenoxy) is 2. The molecule has 2 aromatic heterocycles. The highest BCUT2D eigenvalue weighted by atomic mass is 16.5. The van der Waals surface area contributed by atoms with Crippen molar-refractivity contribution in [2.75, 3.05) is 25.5 Å². The van der Waals surface area contributed by atoms with Crippen LogP contribution in [0.4, 0.5) is 5.69 Å². The second-order valence-corrected chi connectivity index (χ2v) is 7.86. The maximum atomic E-state index is 11.0. The molecule has 31 heavy (non-hydrogen) atoms. The van der Waals surface area contributed by atoms with Crippen molar-refractivity contribution in [3.8, 4) is 16.9 Å². The lowest BCUT2D eigenvalue weighted by Gasteiger charge is -2.24. The number of nitrogen functional groups attached to an aromatic ring is 1. The second kappa shape index (κ2) is 7.88. The number of benzene rings is 1. The molecule has 2 aliphatic heterocycles. The number of rotatable bonds is 6. The maximum Gasteiger partial charge on any atom is 0.283 e. The van der Waals surface area contributed by atoms with Crippen molar-refractivity contribution in [3.05, 3.63) is 48.4 Å². The summed E-state index contributed by atoms with van der Waals surface area (Å²) in [5, 5.41) is 0.998. The normalized spacial score (nSPS) is 16.5. The Labute approximate surface area is 179 Å². The van der Waals surface area contributed by atoms with E-state index in [0.717, 1.165) is 59.4 Å². The summed E-state index contributed by atoms with van der Waals surface area (Å²) in [6.07, 6.45) is 9.42. The molecule has 8 heteroatoms. The number of pyridine rings is 1. The van der Waals surface area contributed by atoms with Crippen LogP contribution in [0.25, 0.3) is 27.7 Å². The van der Waals surface area contributed by atoms with Crippen LogP contribution in [0.2, 0.25) is 0 Å². The van der Waals surface area contributed by atoms with Crippen LogP contribution >= 0.6 is 0 Å². The zero-order valence-electron chi connectivity index (χ0n) is 17.0. The maximum absolute atomic E-state index is 11.0. The molecule has 0 unspecified atom stereocenters. The van der Waals surface area contributed by atoms with Crippen LogP contribution in [0.3, 0.4) is 0 Å². The van der Waals surface area contributed by atoms with Gasteiger partial charge in [0.05, 0.1) is 18.9 Å². The molecule has 4 heterocycles. The molecule has 5 rings (SSSR count). The fraction of sp³-hybridized carbons (Fsp3) is 0.261. The van der Waals surface area contributed by atoms with Gasteiger partial charge in [0.15, 0.2) is 12.4 Å². The van der Waals surface area contributed by atoms with Crippen LogP contribution in [0.15, 0.2) is 42.9 Å². The zero-order valence-corrected chi connectivity index (χ0v) is 17.0. The van der Waals surface area contributed by atoms with E-state index in [1.54, 1.807) is 4.58 Å². The number of nitrogens with zero attached hydrogens (tertiary/aromatic N) is 2. The number of primary amides is 1. The summed E-state index contributed by atoms with van der Waals surface area (Å²) in [7, 11) is 0. The van der Waals surface area contributed by atoms with E-state index in [4.69, 9.17) is 20.9 Å². The largest absolute Gasteiger partial charge is 0.488 e. The van der Waals surface area contributed by atoms with Gasteiger partial charge in [0.25, 0.3) is 5.91 Å². The molecule has 1 fully saturated rings. The fourth-order valence-corrected chi connectivity index (χ4v) is 3.96. The molecule has 0 radical (unpaired) electrons. The van der Waals surface area contributed by atoms with Crippen LogP contribution in [0.5, 0.6) is 5.75 Å². The number of aromatic amines is 1. The quantitative estimate of drug-likeness (QED) is 0.419. The molecule has 3 aromatic rings. The van der Waals surface area contributed by atoms with Gasteiger partial charge in [0.1, 0.15) is 23.1 Å². The Kier molecular flexibility index (Phi) is 4.91. The number of hydrogen-bond acceptors (Lipinski definition) is 5. The first-order valence-corrected chi connectivity index (χ1v) is 10.3. The minimum absolute atomic E-state index is 0.142. The molecular weight excluding hydrogens is 394 g/mol. The van der Waals surface area contributed by atoms with Crippen molar-refractivity contribution in [2.24, 2.45) is 5.73 Å². The lowest BCUT2D eigenvalue weighted by molar-refractivity contribution is -0.446. The van der Waals surface area contributed by atoms with E-state index >= 15 is 0 Å². The minimum Gasteiger partial charge on any atom is -0.488 e. The molecule has 2 aliphatic rings. The first-order valence-electron chi connectivity index (χ1n) is 10.3. The van der Waals surface area contributed by atoms with Crippen molar-refractivity contribution in [2.45, 2.75) is 18.9 Å². The van der Waals surface area contributed by atoms with E-state index in [1.165, 1.54) is 0 Å². The van der Waals surface area contributed by atoms with Crippen LogP contribution < -0.4 is 16.2 Å². The smallest absolute Gasteiger partial charge is 0.283 e. The lowest BCUT2D eigenvalue weighted by Crippen LogP contribution is -2.28. The second-order valence-electron chi connectivity index (χ2n) is 7.86. The van der Waals surface area contributed by atoms with Crippen LogP contribution in [0.1, 0.15) is 18.4 Å². The lowest BCUT2D eigenvalue weighted by atomic mass is 10.0. The molecule has 1 aromatic carbocycles. The Bertz CT molecular complexity index is 1220. The van der Waals surface area contributed by atoms with Gasteiger partial charge in [-0.15, -0.1) is 0 Å². The number of nitrogens with one attached hydrogen (secondary N) is 1. The molecule has 0 saturated carbocycles. The van der Waals surface area contributed by atoms with Gasteiger partial charge in [0, 0.05) is 41.7 Å². The number of carbonyl (C=O) groups is 1. The van der Waals surface area contributed by atoms with Crippen molar-refractivity contribution in [1.29, 1.82) is 0 Å². The number of allylic oxidation sites excluding steroid dienone is 1. The third-order valence-electron chi connectivity index (χ3n) is 5.60. The van der Waals surface area contributed by atoms with Crippen LogP contribution in [-0.2, 0) is 9.53 Å². The highest BCUT2D eigenvalue weighted by Gasteiger charge is 2.22. The van der Waals surface area contributed by atoms with E-state index in [0.29, 0.717) is 11.4 Å². The Morgan fingerprint density at radius 2 is 2.06 bits per heavy atom. The van der Waals surface area contributed by atoms with Crippen molar-refractivity contribution < 1.29 is 18.8 Å². The molecular formula is C23H24N5O3+. The molecule has 0 aliphatic carbocycles. The third-order valence-corrected chi connectivity index (χ3v) is 5.60. The topological polar surface area (TPSA) is 119 Å². The molecule has 0 atom stereocenters. The van der Waals surface area contributed by atoms with Gasteiger partial charge in [-0.2, -0.15) is 4.58 Å². The van der Waals surface area contributed by atoms with Gasteiger partial charge >= 0.3 is 0 Å². The Morgan fingerprint density at radius 3 is 2.81 bits per heavy atom. The number of amides is 1. The van der Waals surface area contributed by atoms with Gasteiger partial charge in [-0.05, 0) is 23.8 Å². The first-order chi connectivity index (χ1) is 15.1. The number of H-pyrrole nitrogens is 1. The number of aromatic nitrogens is 2. The highest BCUT2D eigenvalue weighted by Crippen LogP contribution is 2.34. The molecule has 0 spiro atoms. The summed E-state index contributed by atoms with van der Waals surface area (Å²) in [4.78, 5) is 18.8. The Morgan fingerprint density at radius 1 is 1.26 bits per heavy atom. The summed E-state index contributed by atoms with van der Waals surface area (Å²) in [5.41, 5.74) is 16.9. The minimum atomic E-state index is -0.366. The molecule has 5 N–H and O–H groups in total. The summed E-state index contributed by atoms with van der Waals surface area (Å²) in [6, 6.07) is 7.97. The third kappa shape index (κ3) is 3.89. The van der Waals surface area contributed by atoms with Gasteiger partial charge in [0.2, 0.25) is 6.54 Å². The average molecular weight is 418 g/mol. The van der Waals surface area contributed by atoms with Gasteiger partial charge in [-0.3, -0.25) is 4.79 Å². The van der Waals surface area contributed by atoms with Gasteiger partial charge in [-0.1, -0.05) is 6.07 Å². The van der Waals surface area contributed by atoms with Crippen molar-refractivity contribution in [3.63, 3.8) is 0 Å². The number of nitrogens with two attached hydrogens (primary N) is 2. The van der Waals surface area contributed by atoms with Crippen molar-refractivity contribution >= 4 is 34.4 Å². The first kappa shape index (κ1) is 19.3. The van der Waals surface area contributed by atoms with Crippen molar-refractivity contribution in [1.82, 2.24) is 9.97 Å². The molecule has 0 bridgehead atoms. The number of anilines is 1. The number of carbonyl (C=O) groups excluding carboxylic acids is 1. The van der Waals surface area contributed by atoms with Crippen LogP contribution in [0, 0.1) is 0 Å². The molecule has 8 nitrogen and oxygen atoms in total. The van der Waals surface area contributed by atoms with E-state index in [1.807, 2.05) is 43.0 Å². The van der Waals surface area contributed by atoms with E-state index < -0.39 is 0 Å². The summed E-state index contributed by atoms with van der Waals surface area (Å²) < 4.78 is 13.2. The monoisotopic (exact) mass is 418 g/mol. The van der Waals surface area contributed by atoms with E-state index in [9.17, 15) is 4.79 Å². The average Bonchev–Trinajstić information content (AvgIpc) is 3.16. The molecule has 1 amide bonds.